The highest BCUT2D eigenvalue weighted by molar-refractivity contribution is 6.30. The summed E-state index contributed by atoms with van der Waals surface area (Å²) in [4.78, 5) is 0. The van der Waals surface area contributed by atoms with E-state index in [1.165, 1.54) is 19.2 Å². The van der Waals surface area contributed by atoms with Crippen LogP contribution in [0.1, 0.15) is 22.8 Å². The minimum Gasteiger partial charge on any atom is -0.496 e. The van der Waals surface area contributed by atoms with Crippen LogP contribution in [-0.2, 0) is 0 Å². The smallest absolute Gasteiger partial charge is 0.147 e. The summed E-state index contributed by atoms with van der Waals surface area (Å²) >= 11 is 5.73. The Kier molecular flexibility index (Phi) is 4.08. The molecule has 19 heavy (non-hydrogen) atoms. The van der Waals surface area contributed by atoms with Crippen molar-refractivity contribution in [2.24, 2.45) is 0 Å². The molecule has 0 saturated carbocycles. The number of rotatable bonds is 3. The average molecular weight is 281 g/mol. The van der Waals surface area contributed by atoms with E-state index in [4.69, 9.17) is 16.3 Å². The van der Waals surface area contributed by atoms with Crippen molar-refractivity contribution in [2.75, 3.05) is 7.11 Å². The van der Waals surface area contributed by atoms with Crippen LogP contribution in [0.4, 0.5) is 4.39 Å². The van der Waals surface area contributed by atoms with Gasteiger partial charge in [0, 0.05) is 11.1 Å². The van der Waals surface area contributed by atoms with Gasteiger partial charge < -0.3 is 9.84 Å². The molecule has 1 N–H and O–H groups in total. The summed E-state index contributed by atoms with van der Waals surface area (Å²) < 4.78 is 19.1. The average Bonchev–Trinajstić information content (AvgIpc) is 2.41. The van der Waals surface area contributed by atoms with Gasteiger partial charge in [-0.2, -0.15) is 0 Å². The van der Waals surface area contributed by atoms with Crippen LogP contribution in [0.2, 0.25) is 5.02 Å². The lowest BCUT2D eigenvalue weighted by atomic mass is 9.98. The van der Waals surface area contributed by atoms with E-state index < -0.39 is 11.9 Å². The molecular weight excluding hydrogens is 267 g/mol. The van der Waals surface area contributed by atoms with Gasteiger partial charge in [-0.1, -0.05) is 35.4 Å². The maximum atomic E-state index is 13.9. The maximum Gasteiger partial charge on any atom is 0.147 e. The number of benzene rings is 2. The van der Waals surface area contributed by atoms with Crippen molar-refractivity contribution in [1.82, 2.24) is 0 Å². The van der Waals surface area contributed by atoms with Crippen molar-refractivity contribution in [3.8, 4) is 5.75 Å². The molecule has 0 heterocycles. The highest BCUT2D eigenvalue weighted by Gasteiger charge is 2.20. The second-order valence-electron chi connectivity index (χ2n) is 4.29. The van der Waals surface area contributed by atoms with Crippen LogP contribution in [0.3, 0.4) is 0 Å². The molecule has 0 aliphatic heterocycles. The van der Waals surface area contributed by atoms with Gasteiger partial charge in [-0.3, -0.25) is 0 Å². The summed E-state index contributed by atoms with van der Waals surface area (Å²) in [6, 6.07) is 9.93. The first-order chi connectivity index (χ1) is 9.04. The molecule has 2 aromatic rings. The number of methoxy groups -OCH3 is 1. The Hall–Kier alpha value is -1.58. The van der Waals surface area contributed by atoms with Gasteiger partial charge in [0.1, 0.15) is 17.7 Å². The Bertz CT molecular complexity index is 599. The molecule has 0 spiro atoms. The summed E-state index contributed by atoms with van der Waals surface area (Å²) in [5.74, 6) is -0.0994. The van der Waals surface area contributed by atoms with Gasteiger partial charge in [-0.15, -0.1) is 0 Å². The third kappa shape index (κ3) is 2.72. The highest BCUT2D eigenvalue weighted by Crippen LogP contribution is 2.33. The first kappa shape index (κ1) is 13.8. The fraction of sp³-hybridized carbons (Fsp3) is 0.200. The quantitative estimate of drug-likeness (QED) is 0.924. The lowest BCUT2D eigenvalue weighted by Gasteiger charge is -2.17. The Morgan fingerprint density at radius 3 is 2.63 bits per heavy atom. The van der Waals surface area contributed by atoms with E-state index in [-0.39, 0.29) is 10.6 Å². The number of ether oxygens (including phenoxy) is 1. The fourth-order valence-electron chi connectivity index (χ4n) is 1.97. The SMILES string of the molecule is COc1ccc(C)cc1C(O)c1cccc(Cl)c1F. The molecule has 0 saturated heterocycles. The number of hydrogen-bond donors (Lipinski definition) is 1. The zero-order valence-corrected chi connectivity index (χ0v) is 11.4. The van der Waals surface area contributed by atoms with E-state index in [0.29, 0.717) is 11.3 Å². The van der Waals surface area contributed by atoms with Crippen LogP contribution in [-0.4, -0.2) is 12.2 Å². The lowest BCUT2D eigenvalue weighted by Crippen LogP contribution is -2.05. The molecule has 2 aromatic carbocycles. The number of hydrogen-bond acceptors (Lipinski definition) is 2. The standard InChI is InChI=1S/C15H14ClFO2/c1-9-6-7-13(19-2)11(8-9)15(18)10-4-3-5-12(16)14(10)17/h3-8,15,18H,1-2H3. The van der Waals surface area contributed by atoms with Crippen molar-refractivity contribution in [2.45, 2.75) is 13.0 Å². The summed E-state index contributed by atoms with van der Waals surface area (Å²) in [6.45, 7) is 1.89. The molecule has 0 radical (unpaired) electrons. The van der Waals surface area contributed by atoms with E-state index >= 15 is 0 Å². The minimum absolute atomic E-state index is 0.0110. The molecule has 0 bridgehead atoms. The molecule has 0 aliphatic rings. The predicted octanol–water partition coefficient (Wildman–Crippen LogP) is 3.88. The molecule has 2 rings (SSSR count). The lowest BCUT2D eigenvalue weighted by molar-refractivity contribution is 0.209. The van der Waals surface area contributed by atoms with Gasteiger partial charge >= 0.3 is 0 Å². The van der Waals surface area contributed by atoms with Gasteiger partial charge in [0.25, 0.3) is 0 Å². The number of aliphatic hydroxyl groups excluding tert-OH is 1. The molecule has 0 aromatic heterocycles. The minimum atomic E-state index is -1.12. The van der Waals surface area contributed by atoms with Crippen molar-refractivity contribution >= 4 is 11.6 Å². The second-order valence-corrected chi connectivity index (χ2v) is 4.70. The highest BCUT2D eigenvalue weighted by atomic mass is 35.5. The molecule has 0 fully saturated rings. The van der Waals surface area contributed by atoms with Crippen molar-refractivity contribution in [1.29, 1.82) is 0 Å². The first-order valence-corrected chi connectivity index (χ1v) is 6.19. The Balaban J connectivity index is 2.52. The molecule has 0 amide bonds. The van der Waals surface area contributed by atoms with E-state index in [9.17, 15) is 9.50 Å². The molecular formula is C15H14ClFO2. The van der Waals surface area contributed by atoms with Crippen molar-refractivity contribution < 1.29 is 14.2 Å². The van der Waals surface area contributed by atoms with Crippen molar-refractivity contribution in [3.05, 3.63) is 63.9 Å². The molecule has 1 unspecified atom stereocenters. The topological polar surface area (TPSA) is 29.5 Å². The predicted molar refractivity (Wildman–Crippen MR) is 73.2 cm³/mol. The van der Waals surface area contributed by atoms with Gasteiger partial charge in [0.2, 0.25) is 0 Å². The van der Waals surface area contributed by atoms with Crippen molar-refractivity contribution in [3.63, 3.8) is 0 Å². The van der Waals surface area contributed by atoms with Gasteiger partial charge in [0.15, 0.2) is 0 Å². The Morgan fingerprint density at radius 1 is 1.21 bits per heavy atom. The molecule has 100 valence electrons. The Morgan fingerprint density at radius 2 is 1.95 bits per heavy atom. The van der Waals surface area contributed by atoms with E-state index in [1.807, 2.05) is 13.0 Å². The van der Waals surface area contributed by atoms with E-state index in [0.717, 1.165) is 5.56 Å². The van der Waals surface area contributed by atoms with Crippen LogP contribution in [0.25, 0.3) is 0 Å². The Labute approximate surface area is 116 Å². The van der Waals surface area contributed by atoms with Crippen LogP contribution in [0.5, 0.6) is 5.75 Å². The second kappa shape index (κ2) is 5.59. The third-order valence-electron chi connectivity index (χ3n) is 2.96. The van der Waals surface area contributed by atoms with Gasteiger partial charge in [0.05, 0.1) is 12.1 Å². The largest absolute Gasteiger partial charge is 0.496 e. The summed E-state index contributed by atoms with van der Waals surface area (Å²) in [5, 5.41) is 10.3. The van der Waals surface area contributed by atoms with Crippen LogP contribution in [0.15, 0.2) is 36.4 Å². The third-order valence-corrected chi connectivity index (χ3v) is 3.25. The fourth-order valence-corrected chi connectivity index (χ4v) is 2.15. The van der Waals surface area contributed by atoms with Gasteiger partial charge in [-0.25, -0.2) is 4.39 Å². The summed E-state index contributed by atoms with van der Waals surface area (Å²) in [7, 11) is 1.51. The molecule has 4 heteroatoms. The van der Waals surface area contributed by atoms with Crippen LogP contribution < -0.4 is 4.74 Å². The van der Waals surface area contributed by atoms with Crippen LogP contribution in [0, 0.1) is 12.7 Å². The number of aryl methyl sites for hydroxylation is 1. The van der Waals surface area contributed by atoms with E-state index in [1.54, 1.807) is 18.2 Å². The number of aliphatic hydroxyl groups is 1. The maximum absolute atomic E-state index is 13.9. The number of halogens is 2. The zero-order chi connectivity index (χ0) is 14.0. The van der Waals surface area contributed by atoms with E-state index in [2.05, 4.69) is 0 Å². The monoisotopic (exact) mass is 280 g/mol. The van der Waals surface area contributed by atoms with Crippen LogP contribution >= 0.6 is 11.6 Å². The zero-order valence-electron chi connectivity index (χ0n) is 10.7. The summed E-state index contributed by atoms with van der Waals surface area (Å²) in [5.41, 5.74) is 1.61. The molecule has 0 aliphatic carbocycles. The molecule has 1 atom stereocenters. The normalized spacial score (nSPS) is 12.3. The van der Waals surface area contributed by atoms with Gasteiger partial charge in [-0.05, 0) is 25.1 Å². The molecule has 2 nitrogen and oxygen atoms in total. The summed E-state index contributed by atoms with van der Waals surface area (Å²) in [6.07, 6.45) is -1.12. The first-order valence-electron chi connectivity index (χ1n) is 5.81.